The summed E-state index contributed by atoms with van der Waals surface area (Å²) in [5.41, 5.74) is 5.24. The van der Waals surface area contributed by atoms with Crippen molar-refractivity contribution in [2.24, 2.45) is 11.7 Å². The largest absolute Gasteiger partial charge is 0.393 e. The maximum absolute atomic E-state index is 11.0. The van der Waals surface area contributed by atoms with Gasteiger partial charge in [0.2, 0.25) is 0 Å². The van der Waals surface area contributed by atoms with Crippen LogP contribution in [0.15, 0.2) is 0 Å². The molecule has 0 aromatic heterocycles. The Balaban J connectivity index is 1.66. The number of aliphatic hydroxyl groups excluding tert-OH is 1. The number of aliphatic hydroxyl groups is 1. The average Bonchev–Trinajstić information content (AvgIpc) is 2.73. The first kappa shape index (κ1) is 12.6. The van der Waals surface area contributed by atoms with Gasteiger partial charge in [0.25, 0.3) is 0 Å². The van der Waals surface area contributed by atoms with Crippen LogP contribution in [-0.2, 0) is 0 Å². The van der Waals surface area contributed by atoms with Gasteiger partial charge < -0.3 is 21.1 Å². The third-order valence-corrected chi connectivity index (χ3v) is 4.09. The zero-order valence-electron chi connectivity index (χ0n) is 10.3. The number of rotatable bonds is 3. The molecule has 0 radical (unpaired) electrons. The molecule has 4 N–H and O–H groups in total. The van der Waals surface area contributed by atoms with Crippen molar-refractivity contribution in [3.8, 4) is 0 Å². The smallest absolute Gasteiger partial charge is 0.314 e. The first-order valence-electron chi connectivity index (χ1n) is 6.62. The van der Waals surface area contributed by atoms with Gasteiger partial charge in [-0.2, -0.15) is 0 Å². The molecule has 2 amide bonds. The molecule has 0 spiro atoms. The van der Waals surface area contributed by atoms with Gasteiger partial charge in [-0.3, -0.25) is 0 Å². The topological polar surface area (TPSA) is 78.6 Å². The van der Waals surface area contributed by atoms with Crippen molar-refractivity contribution < 1.29 is 9.90 Å². The van der Waals surface area contributed by atoms with E-state index in [0.717, 1.165) is 51.7 Å². The summed E-state index contributed by atoms with van der Waals surface area (Å²) in [7, 11) is 0. The summed E-state index contributed by atoms with van der Waals surface area (Å²) in [6.45, 7) is 2.41. The zero-order valence-corrected chi connectivity index (χ0v) is 10.3. The Hall–Kier alpha value is -0.810. The van der Waals surface area contributed by atoms with Gasteiger partial charge in [0.15, 0.2) is 0 Å². The van der Waals surface area contributed by atoms with E-state index in [9.17, 15) is 9.90 Å². The highest BCUT2D eigenvalue weighted by Gasteiger charge is 2.27. The Bertz CT molecular complexity index is 264. The van der Waals surface area contributed by atoms with E-state index in [1.54, 1.807) is 4.90 Å². The van der Waals surface area contributed by atoms with Crippen molar-refractivity contribution in [1.29, 1.82) is 0 Å². The molecule has 2 rings (SSSR count). The van der Waals surface area contributed by atoms with Crippen LogP contribution >= 0.6 is 0 Å². The number of nitrogens with two attached hydrogens (primary N) is 1. The Kier molecular flexibility index (Phi) is 4.23. The maximum atomic E-state index is 11.0. The fourth-order valence-corrected chi connectivity index (χ4v) is 2.88. The van der Waals surface area contributed by atoms with E-state index in [1.165, 1.54) is 0 Å². The molecule has 5 heteroatoms. The Morgan fingerprint density at radius 2 is 2.00 bits per heavy atom. The molecule has 2 unspecified atom stereocenters. The number of likely N-dealkylation sites (tertiary alicyclic amines) is 1. The molecule has 1 aliphatic carbocycles. The normalized spacial score (nSPS) is 30.8. The number of amides is 2. The molecule has 5 nitrogen and oxygen atoms in total. The summed E-state index contributed by atoms with van der Waals surface area (Å²) < 4.78 is 0. The molecular formula is C12H23N3O2. The monoisotopic (exact) mass is 241 g/mol. The molecule has 1 aliphatic heterocycles. The van der Waals surface area contributed by atoms with Crippen LogP contribution < -0.4 is 11.1 Å². The molecule has 2 aliphatic rings. The minimum atomic E-state index is -0.310. The van der Waals surface area contributed by atoms with Gasteiger partial charge in [0.1, 0.15) is 0 Å². The first-order valence-corrected chi connectivity index (χ1v) is 6.62. The minimum absolute atomic E-state index is 0.117. The highest BCUT2D eigenvalue weighted by atomic mass is 16.3. The number of nitrogens with zero attached hydrogens (tertiary/aromatic N) is 1. The van der Waals surface area contributed by atoms with Gasteiger partial charge in [-0.1, -0.05) is 6.42 Å². The Morgan fingerprint density at radius 1 is 1.29 bits per heavy atom. The van der Waals surface area contributed by atoms with E-state index in [1.807, 2.05) is 0 Å². The number of nitrogens with one attached hydrogen (secondary N) is 1. The maximum Gasteiger partial charge on any atom is 0.314 e. The van der Waals surface area contributed by atoms with Crippen molar-refractivity contribution in [1.82, 2.24) is 10.2 Å². The van der Waals surface area contributed by atoms with E-state index in [-0.39, 0.29) is 12.1 Å². The number of hydrogen-bond donors (Lipinski definition) is 3. The molecule has 2 fully saturated rings. The summed E-state index contributed by atoms with van der Waals surface area (Å²) in [6, 6.07) is 0.160. The van der Waals surface area contributed by atoms with Crippen LogP contribution in [0.2, 0.25) is 0 Å². The van der Waals surface area contributed by atoms with Crippen LogP contribution in [0.25, 0.3) is 0 Å². The fraction of sp³-hybridized carbons (Fsp3) is 0.917. The summed E-state index contributed by atoms with van der Waals surface area (Å²) in [6.07, 6.45) is 5.04. The predicted molar refractivity (Wildman–Crippen MR) is 65.5 cm³/mol. The first-order chi connectivity index (χ1) is 8.16. The van der Waals surface area contributed by atoms with Crippen LogP contribution in [0.4, 0.5) is 4.79 Å². The standard InChI is InChI=1S/C12H23N3O2/c13-12(17)15-6-4-10(5-7-15)14-8-9-2-1-3-11(9)16/h9-11,14,16H,1-8H2,(H2,13,17). The highest BCUT2D eigenvalue weighted by Crippen LogP contribution is 2.25. The molecule has 17 heavy (non-hydrogen) atoms. The van der Waals surface area contributed by atoms with Gasteiger partial charge in [0, 0.05) is 25.7 Å². The van der Waals surface area contributed by atoms with Gasteiger partial charge >= 0.3 is 6.03 Å². The lowest BCUT2D eigenvalue weighted by atomic mass is 10.0. The van der Waals surface area contributed by atoms with Crippen molar-refractivity contribution >= 4 is 6.03 Å². The third-order valence-electron chi connectivity index (χ3n) is 4.09. The highest BCUT2D eigenvalue weighted by molar-refractivity contribution is 5.72. The number of urea groups is 1. The number of hydrogen-bond acceptors (Lipinski definition) is 3. The van der Waals surface area contributed by atoms with Gasteiger partial charge in [-0.05, 0) is 31.6 Å². The molecule has 1 heterocycles. The lowest BCUT2D eigenvalue weighted by molar-refractivity contribution is 0.126. The number of primary amides is 1. The van der Waals surface area contributed by atoms with Crippen LogP contribution in [0.5, 0.6) is 0 Å². The second kappa shape index (κ2) is 5.69. The van der Waals surface area contributed by atoms with E-state index >= 15 is 0 Å². The van der Waals surface area contributed by atoms with Crippen molar-refractivity contribution in [3.05, 3.63) is 0 Å². The number of carbonyl (C=O) groups is 1. The number of carbonyl (C=O) groups excluding carboxylic acids is 1. The van der Waals surface area contributed by atoms with Crippen LogP contribution in [0, 0.1) is 5.92 Å². The lowest BCUT2D eigenvalue weighted by Crippen LogP contribution is -2.47. The Morgan fingerprint density at radius 3 is 2.53 bits per heavy atom. The van der Waals surface area contributed by atoms with E-state index < -0.39 is 0 Å². The average molecular weight is 241 g/mol. The molecule has 2 atom stereocenters. The quantitative estimate of drug-likeness (QED) is 0.664. The van der Waals surface area contributed by atoms with Crippen LogP contribution in [-0.4, -0.2) is 47.8 Å². The van der Waals surface area contributed by atoms with E-state index in [0.29, 0.717) is 12.0 Å². The molecule has 0 aromatic rings. The van der Waals surface area contributed by atoms with Crippen molar-refractivity contribution in [2.45, 2.75) is 44.2 Å². The molecular weight excluding hydrogens is 218 g/mol. The lowest BCUT2D eigenvalue weighted by Gasteiger charge is -2.32. The third kappa shape index (κ3) is 3.33. The summed E-state index contributed by atoms with van der Waals surface area (Å²) in [4.78, 5) is 12.7. The number of piperidine rings is 1. The molecule has 1 saturated carbocycles. The second-order valence-electron chi connectivity index (χ2n) is 5.27. The van der Waals surface area contributed by atoms with Crippen molar-refractivity contribution in [2.75, 3.05) is 19.6 Å². The summed E-state index contributed by atoms with van der Waals surface area (Å²) >= 11 is 0. The predicted octanol–water partition coefficient (Wildman–Crippen LogP) is 0.280. The fourth-order valence-electron chi connectivity index (χ4n) is 2.88. The summed E-state index contributed by atoms with van der Waals surface area (Å²) in [5, 5.41) is 13.2. The van der Waals surface area contributed by atoms with E-state index in [2.05, 4.69) is 5.32 Å². The van der Waals surface area contributed by atoms with E-state index in [4.69, 9.17) is 5.73 Å². The van der Waals surface area contributed by atoms with Gasteiger partial charge in [-0.15, -0.1) is 0 Å². The van der Waals surface area contributed by atoms with Crippen molar-refractivity contribution in [3.63, 3.8) is 0 Å². The Labute approximate surface area is 102 Å². The second-order valence-corrected chi connectivity index (χ2v) is 5.27. The molecule has 1 saturated heterocycles. The van der Waals surface area contributed by atoms with Gasteiger partial charge in [0.05, 0.1) is 6.10 Å². The summed E-state index contributed by atoms with van der Waals surface area (Å²) in [5.74, 6) is 0.421. The zero-order chi connectivity index (χ0) is 12.3. The molecule has 0 bridgehead atoms. The SMILES string of the molecule is NC(=O)N1CCC(NCC2CCCC2O)CC1. The minimum Gasteiger partial charge on any atom is -0.393 e. The molecule has 98 valence electrons. The van der Waals surface area contributed by atoms with Crippen LogP contribution in [0.3, 0.4) is 0 Å². The molecule has 0 aromatic carbocycles. The van der Waals surface area contributed by atoms with Crippen LogP contribution in [0.1, 0.15) is 32.1 Å². The van der Waals surface area contributed by atoms with Gasteiger partial charge in [-0.25, -0.2) is 4.79 Å².